The molecule has 1 saturated heterocycles. The molecule has 96 valence electrons. The predicted octanol–water partition coefficient (Wildman–Crippen LogP) is 0.942. The first-order valence-electron chi connectivity index (χ1n) is 5.58. The summed E-state index contributed by atoms with van der Waals surface area (Å²) in [5.74, 6) is 4.51. The van der Waals surface area contributed by atoms with Gasteiger partial charge in [0.25, 0.3) is 5.91 Å². The quantitative estimate of drug-likeness (QED) is 0.477. The van der Waals surface area contributed by atoms with Gasteiger partial charge in [-0.3, -0.25) is 4.79 Å². The molecule has 0 saturated carbocycles. The van der Waals surface area contributed by atoms with Gasteiger partial charge in [-0.25, -0.2) is 15.0 Å². The zero-order valence-electron chi connectivity index (χ0n) is 9.94. The number of rotatable bonds is 3. The third-order valence-corrected chi connectivity index (χ3v) is 3.10. The lowest BCUT2D eigenvalue weighted by Gasteiger charge is -2.20. The lowest BCUT2D eigenvalue weighted by atomic mass is 9.93. The SMILES string of the molecule is C[C@]1(CCc2cccc(F)c2)NC(=O)N(N)C1=O. The molecule has 5 nitrogen and oxygen atoms in total. The van der Waals surface area contributed by atoms with Crippen molar-refractivity contribution in [3.05, 3.63) is 35.6 Å². The van der Waals surface area contributed by atoms with Crippen molar-refractivity contribution in [3.8, 4) is 0 Å². The van der Waals surface area contributed by atoms with Crippen LogP contribution < -0.4 is 11.2 Å². The molecular formula is C12H14FN3O2. The highest BCUT2D eigenvalue weighted by atomic mass is 19.1. The number of hydrogen-bond donors (Lipinski definition) is 2. The average molecular weight is 251 g/mol. The molecule has 0 aliphatic carbocycles. The molecule has 1 heterocycles. The third kappa shape index (κ3) is 2.19. The van der Waals surface area contributed by atoms with E-state index in [4.69, 9.17) is 5.84 Å². The molecule has 1 aliphatic rings. The number of aryl methyl sites for hydroxylation is 1. The number of benzene rings is 1. The average Bonchev–Trinajstić information content (AvgIpc) is 2.52. The molecule has 0 unspecified atom stereocenters. The van der Waals surface area contributed by atoms with Crippen molar-refractivity contribution < 1.29 is 14.0 Å². The molecule has 0 aromatic heterocycles. The molecule has 1 aliphatic heterocycles. The van der Waals surface area contributed by atoms with Gasteiger partial charge in [-0.05, 0) is 37.5 Å². The summed E-state index contributed by atoms with van der Waals surface area (Å²) in [4.78, 5) is 23.0. The van der Waals surface area contributed by atoms with E-state index >= 15 is 0 Å². The summed E-state index contributed by atoms with van der Waals surface area (Å²) in [6, 6.07) is 5.53. The molecular weight excluding hydrogens is 237 g/mol. The molecule has 3 N–H and O–H groups in total. The van der Waals surface area contributed by atoms with Gasteiger partial charge in [0.1, 0.15) is 11.4 Å². The number of imide groups is 1. The smallest absolute Gasteiger partial charge is 0.322 e. The Bertz CT molecular complexity index is 506. The molecule has 6 heteroatoms. The van der Waals surface area contributed by atoms with Gasteiger partial charge < -0.3 is 5.32 Å². The van der Waals surface area contributed by atoms with Crippen molar-refractivity contribution in [2.75, 3.05) is 0 Å². The molecule has 0 bridgehead atoms. The van der Waals surface area contributed by atoms with Crippen molar-refractivity contribution in [1.29, 1.82) is 0 Å². The largest absolute Gasteiger partial charge is 0.339 e. The Morgan fingerprint density at radius 1 is 1.44 bits per heavy atom. The van der Waals surface area contributed by atoms with Crippen LogP contribution >= 0.6 is 0 Å². The van der Waals surface area contributed by atoms with Gasteiger partial charge in [0.2, 0.25) is 0 Å². The minimum Gasteiger partial charge on any atom is -0.322 e. The van der Waals surface area contributed by atoms with Gasteiger partial charge in [-0.15, -0.1) is 0 Å². The van der Waals surface area contributed by atoms with Crippen LogP contribution in [0.25, 0.3) is 0 Å². The van der Waals surface area contributed by atoms with Crippen LogP contribution in [0.5, 0.6) is 0 Å². The highest BCUT2D eigenvalue weighted by Gasteiger charge is 2.46. The molecule has 18 heavy (non-hydrogen) atoms. The van der Waals surface area contributed by atoms with Crippen LogP contribution in [0.2, 0.25) is 0 Å². The lowest BCUT2D eigenvalue weighted by Crippen LogP contribution is -2.45. The predicted molar refractivity (Wildman–Crippen MR) is 62.7 cm³/mol. The fourth-order valence-corrected chi connectivity index (χ4v) is 1.96. The normalized spacial score (nSPS) is 23.4. The summed E-state index contributed by atoms with van der Waals surface area (Å²) in [6.45, 7) is 1.61. The Hall–Kier alpha value is -1.95. The van der Waals surface area contributed by atoms with Gasteiger partial charge in [-0.1, -0.05) is 12.1 Å². The fourth-order valence-electron chi connectivity index (χ4n) is 1.96. The Balaban J connectivity index is 2.06. The van der Waals surface area contributed by atoms with E-state index in [9.17, 15) is 14.0 Å². The fraction of sp³-hybridized carbons (Fsp3) is 0.333. The number of nitrogens with zero attached hydrogens (tertiary/aromatic N) is 1. The summed E-state index contributed by atoms with van der Waals surface area (Å²) in [5.41, 5.74) is -0.244. The van der Waals surface area contributed by atoms with E-state index in [2.05, 4.69) is 5.32 Å². The number of carbonyl (C=O) groups excluding carboxylic acids is 2. The Kier molecular flexibility index (Phi) is 3.04. The highest BCUT2D eigenvalue weighted by molar-refractivity contribution is 6.06. The molecule has 0 radical (unpaired) electrons. The highest BCUT2D eigenvalue weighted by Crippen LogP contribution is 2.21. The van der Waals surface area contributed by atoms with Gasteiger partial charge in [-0.2, -0.15) is 5.01 Å². The van der Waals surface area contributed by atoms with Gasteiger partial charge in [0, 0.05) is 0 Å². The number of amides is 3. The number of carbonyl (C=O) groups is 2. The van der Waals surface area contributed by atoms with Crippen molar-refractivity contribution >= 4 is 11.9 Å². The van der Waals surface area contributed by atoms with Crippen LogP contribution in [0.15, 0.2) is 24.3 Å². The molecule has 1 fully saturated rings. The molecule has 0 spiro atoms. The molecule has 1 aromatic carbocycles. The number of nitrogens with one attached hydrogen (secondary N) is 1. The van der Waals surface area contributed by atoms with Crippen molar-refractivity contribution in [2.24, 2.45) is 5.84 Å². The molecule has 2 rings (SSSR count). The Morgan fingerprint density at radius 3 is 2.72 bits per heavy atom. The van der Waals surface area contributed by atoms with Crippen LogP contribution in [-0.2, 0) is 11.2 Å². The van der Waals surface area contributed by atoms with Gasteiger partial charge in [0.15, 0.2) is 0 Å². The summed E-state index contributed by atoms with van der Waals surface area (Å²) in [6.07, 6.45) is 0.850. The van der Waals surface area contributed by atoms with Crippen LogP contribution in [-0.4, -0.2) is 22.5 Å². The summed E-state index contributed by atoms with van der Waals surface area (Å²) in [5, 5.41) is 3.11. The Labute approximate surface area is 104 Å². The maximum atomic E-state index is 13.0. The topological polar surface area (TPSA) is 75.4 Å². The number of nitrogens with two attached hydrogens (primary N) is 1. The van der Waals surface area contributed by atoms with Gasteiger partial charge in [0.05, 0.1) is 0 Å². The van der Waals surface area contributed by atoms with Crippen molar-refractivity contribution in [3.63, 3.8) is 0 Å². The van der Waals surface area contributed by atoms with E-state index in [1.54, 1.807) is 19.1 Å². The van der Waals surface area contributed by atoms with E-state index < -0.39 is 17.5 Å². The second kappa shape index (κ2) is 4.38. The van der Waals surface area contributed by atoms with E-state index in [0.29, 0.717) is 17.9 Å². The second-order valence-electron chi connectivity index (χ2n) is 4.57. The van der Waals surface area contributed by atoms with Crippen LogP contribution in [0.3, 0.4) is 0 Å². The van der Waals surface area contributed by atoms with E-state index in [0.717, 1.165) is 5.56 Å². The first-order chi connectivity index (χ1) is 8.42. The van der Waals surface area contributed by atoms with Crippen molar-refractivity contribution in [1.82, 2.24) is 10.3 Å². The lowest BCUT2D eigenvalue weighted by molar-refractivity contribution is -0.131. The number of hydrogen-bond acceptors (Lipinski definition) is 3. The molecule has 1 atom stereocenters. The third-order valence-electron chi connectivity index (χ3n) is 3.10. The van der Waals surface area contributed by atoms with E-state index in [1.165, 1.54) is 12.1 Å². The monoisotopic (exact) mass is 251 g/mol. The van der Waals surface area contributed by atoms with Gasteiger partial charge >= 0.3 is 6.03 Å². The first-order valence-corrected chi connectivity index (χ1v) is 5.58. The summed E-state index contributed by atoms with van der Waals surface area (Å²) in [7, 11) is 0. The van der Waals surface area contributed by atoms with Crippen LogP contribution in [0, 0.1) is 5.82 Å². The maximum absolute atomic E-state index is 13.0. The number of urea groups is 1. The zero-order chi connectivity index (χ0) is 13.3. The maximum Gasteiger partial charge on any atom is 0.339 e. The summed E-state index contributed by atoms with van der Waals surface area (Å²) >= 11 is 0. The van der Waals surface area contributed by atoms with E-state index in [1.807, 2.05) is 0 Å². The minimum absolute atomic E-state index is 0.320. The Morgan fingerprint density at radius 2 is 2.17 bits per heavy atom. The molecule has 1 aromatic rings. The van der Waals surface area contributed by atoms with Crippen molar-refractivity contribution in [2.45, 2.75) is 25.3 Å². The standard InChI is InChI=1S/C12H14FN3O2/c1-12(10(17)16(14)11(18)15-12)6-5-8-3-2-4-9(13)7-8/h2-4,7H,5-6,14H2,1H3,(H,15,18)/t12-/m1/s1. The number of hydrazine groups is 1. The second-order valence-corrected chi connectivity index (χ2v) is 4.57. The summed E-state index contributed by atoms with van der Waals surface area (Å²) < 4.78 is 13.0. The van der Waals surface area contributed by atoms with Crippen LogP contribution in [0.1, 0.15) is 18.9 Å². The number of halogens is 1. The minimum atomic E-state index is -1.02. The van der Waals surface area contributed by atoms with Crippen LogP contribution in [0.4, 0.5) is 9.18 Å². The molecule has 3 amide bonds. The van der Waals surface area contributed by atoms with E-state index in [-0.39, 0.29) is 5.82 Å². The first kappa shape index (κ1) is 12.5. The zero-order valence-corrected chi connectivity index (χ0v) is 9.94.